The lowest BCUT2D eigenvalue weighted by Crippen LogP contribution is -2.44. The van der Waals surface area contributed by atoms with Gasteiger partial charge in [0.1, 0.15) is 0 Å². The summed E-state index contributed by atoms with van der Waals surface area (Å²) < 4.78 is 0. The molecule has 0 atom stereocenters. The lowest BCUT2D eigenvalue weighted by atomic mass is 9.90. The fourth-order valence-corrected chi connectivity index (χ4v) is 3.58. The number of piperazine rings is 1. The van der Waals surface area contributed by atoms with Gasteiger partial charge in [-0.05, 0) is 56.6 Å². The van der Waals surface area contributed by atoms with E-state index in [0.717, 1.165) is 19.0 Å². The maximum atomic E-state index is 3.38. The quantitative estimate of drug-likeness (QED) is 0.836. The molecule has 0 amide bonds. The van der Waals surface area contributed by atoms with E-state index in [2.05, 4.69) is 82.8 Å². The fraction of sp³-hybridized carbons (Fsp3) is 0.500. The van der Waals surface area contributed by atoms with Gasteiger partial charge < -0.3 is 15.1 Å². The average molecular weight is 368 g/mol. The van der Waals surface area contributed by atoms with Crippen LogP contribution in [-0.2, 0) is 0 Å². The Bertz CT molecular complexity index is 586. The van der Waals surface area contributed by atoms with Crippen LogP contribution in [0, 0.1) is 0 Å². The topological polar surface area (TPSA) is 18.5 Å². The number of anilines is 1. The molecule has 3 heteroatoms. The molecule has 0 bridgehead atoms. The second-order valence-electron chi connectivity index (χ2n) is 7.06. The van der Waals surface area contributed by atoms with E-state index in [1.807, 2.05) is 13.8 Å². The Morgan fingerprint density at radius 1 is 0.741 bits per heavy atom. The van der Waals surface area contributed by atoms with Gasteiger partial charge in [-0.3, -0.25) is 0 Å². The van der Waals surface area contributed by atoms with Crippen molar-refractivity contribution in [2.75, 3.05) is 51.2 Å². The highest BCUT2D eigenvalue weighted by Crippen LogP contribution is 2.24. The van der Waals surface area contributed by atoms with Gasteiger partial charge in [0.2, 0.25) is 0 Å². The summed E-state index contributed by atoms with van der Waals surface area (Å²) in [5, 5.41) is 3.38. The maximum Gasteiger partial charge on any atom is 0.0367 e. The molecule has 2 aromatic carbocycles. The number of piperidine rings is 1. The van der Waals surface area contributed by atoms with Crippen molar-refractivity contribution in [1.82, 2.24) is 10.2 Å². The maximum absolute atomic E-state index is 3.38. The monoisotopic (exact) mass is 367 g/mol. The smallest absolute Gasteiger partial charge is 0.0367 e. The van der Waals surface area contributed by atoms with E-state index in [1.165, 1.54) is 50.3 Å². The van der Waals surface area contributed by atoms with Gasteiger partial charge in [-0.1, -0.05) is 62.4 Å². The number of hydrogen-bond acceptors (Lipinski definition) is 3. The lowest BCUT2D eigenvalue weighted by Gasteiger charge is -2.33. The Balaban J connectivity index is 0.000000178. The predicted molar refractivity (Wildman–Crippen MR) is 119 cm³/mol. The van der Waals surface area contributed by atoms with E-state index < -0.39 is 0 Å². The molecule has 1 N–H and O–H groups in total. The Kier molecular flexibility index (Phi) is 9.96. The SMILES string of the molecule is CC.CN1CCN(c2ccccc2)CC1.c1ccc(C2CCNCC2)cc1. The summed E-state index contributed by atoms with van der Waals surface area (Å²) in [6.45, 7) is 11.0. The summed E-state index contributed by atoms with van der Waals surface area (Å²) in [5.74, 6) is 0.799. The van der Waals surface area contributed by atoms with Gasteiger partial charge >= 0.3 is 0 Å². The molecule has 2 aliphatic heterocycles. The Hall–Kier alpha value is -1.84. The van der Waals surface area contributed by atoms with Crippen LogP contribution in [-0.4, -0.2) is 51.2 Å². The normalized spacial score (nSPS) is 18.0. The molecule has 0 radical (unpaired) electrons. The van der Waals surface area contributed by atoms with Crippen LogP contribution in [0.5, 0.6) is 0 Å². The second kappa shape index (κ2) is 12.5. The minimum absolute atomic E-state index is 0.799. The minimum atomic E-state index is 0.799. The molecule has 2 saturated heterocycles. The number of para-hydroxylation sites is 1. The van der Waals surface area contributed by atoms with Crippen molar-refractivity contribution in [3.8, 4) is 0 Å². The first-order valence-corrected chi connectivity index (χ1v) is 10.6. The highest BCUT2D eigenvalue weighted by atomic mass is 15.2. The third kappa shape index (κ3) is 7.36. The van der Waals surface area contributed by atoms with Gasteiger partial charge in [0.15, 0.2) is 0 Å². The number of hydrogen-bond donors (Lipinski definition) is 1. The summed E-state index contributed by atoms with van der Waals surface area (Å²) in [6.07, 6.45) is 2.59. The first kappa shape index (κ1) is 21.5. The van der Waals surface area contributed by atoms with Gasteiger partial charge in [0, 0.05) is 31.9 Å². The summed E-state index contributed by atoms with van der Waals surface area (Å²) in [7, 11) is 2.18. The first-order valence-electron chi connectivity index (χ1n) is 10.6. The molecule has 2 aromatic rings. The predicted octanol–water partition coefficient (Wildman–Crippen LogP) is 4.62. The number of nitrogens with zero attached hydrogens (tertiary/aromatic N) is 2. The summed E-state index contributed by atoms with van der Waals surface area (Å²) in [6, 6.07) is 21.5. The average Bonchev–Trinajstić information content (AvgIpc) is 2.78. The van der Waals surface area contributed by atoms with E-state index in [0.29, 0.717) is 0 Å². The standard InChI is InChI=1S/C11H16N2.C11H15N.C2H6/c1-12-7-9-13(10-8-12)11-5-3-2-4-6-11;1-2-4-10(5-3-1)11-6-8-12-9-7-11;1-2/h2-6H,7-10H2,1H3;1-5,11-12H,6-9H2;1-2H3. The largest absolute Gasteiger partial charge is 0.369 e. The summed E-state index contributed by atoms with van der Waals surface area (Å²) in [5.41, 5.74) is 2.87. The van der Waals surface area contributed by atoms with Crippen LogP contribution >= 0.6 is 0 Å². The van der Waals surface area contributed by atoms with Crippen LogP contribution in [0.4, 0.5) is 5.69 Å². The molecule has 0 aromatic heterocycles. The molecule has 0 unspecified atom stereocenters. The third-order valence-corrected chi connectivity index (χ3v) is 5.23. The molecule has 0 spiro atoms. The Morgan fingerprint density at radius 3 is 1.81 bits per heavy atom. The van der Waals surface area contributed by atoms with E-state index in [1.54, 1.807) is 0 Å². The first-order chi connectivity index (χ1) is 13.3. The van der Waals surface area contributed by atoms with Crippen molar-refractivity contribution in [2.24, 2.45) is 0 Å². The van der Waals surface area contributed by atoms with Gasteiger partial charge in [-0.25, -0.2) is 0 Å². The second-order valence-corrected chi connectivity index (χ2v) is 7.06. The zero-order valence-electron chi connectivity index (χ0n) is 17.4. The van der Waals surface area contributed by atoms with Crippen molar-refractivity contribution in [1.29, 1.82) is 0 Å². The van der Waals surface area contributed by atoms with Crippen LogP contribution in [0.25, 0.3) is 0 Å². The molecular formula is C24H37N3. The number of nitrogens with one attached hydrogen (secondary N) is 1. The molecule has 2 aliphatic rings. The van der Waals surface area contributed by atoms with Gasteiger partial charge in [-0.2, -0.15) is 0 Å². The molecule has 4 rings (SSSR count). The van der Waals surface area contributed by atoms with Crippen LogP contribution in [0.15, 0.2) is 60.7 Å². The Morgan fingerprint density at radius 2 is 1.26 bits per heavy atom. The van der Waals surface area contributed by atoms with Crippen LogP contribution in [0.3, 0.4) is 0 Å². The third-order valence-electron chi connectivity index (χ3n) is 5.23. The van der Waals surface area contributed by atoms with Gasteiger partial charge in [0.25, 0.3) is 0 Å². The van der Waals surface area contributed by atoms with E-state index in [-0.39, 0.29) is 0 Å². The molecular weight excluding hydrogens is 330 g/mol. The summed E-state index contributed by atoms with van der Waals surface area (Å²) >= 11 is 0. The van der Waals surface area contributed by atoms with E-state index in [4.69, 9.17) is 0 Å². The Labute approximate surface area is 166 Å². The minimum Gasteiger partial charge on any atom is -0.369 e. The van der Waals surface area contributed by atoms with Crippen LogP contribution in [0.1, 0.15) is 38.2 Å². The lowest BCUT2D eigenvalue weighted by molar-refractivity contribution is 0.313. The van der Waals surface area contributed by atoms with Crippen LogP contribution < -0.4 is 10.2 Å². The van der Waals surface area contributed by atoms with E-state index in [9.17, 15) is 0 Å². The van der Waals surface area contributed by atoms with Gasteiger partial charge in [0.05, 0.1) is 0 Å². The molecule has 3 nitrogen and oxygen atoms in total. The molecule has 2 heterocycles. The highest BCUT2D eigenvalue weighted by molar-refractivity contribution is 5.46. The van der Waals surface area contributed by atoms with E-state index >= 15 is 0 Å². The molecule has 2 fully saturated rings. The number of benzene rings is 2. The van der Waals surface area contributed by atoms with Crippen molar-refractivity contribution in [2.45, 2.75) is 32.6 Å². The highest BCUT2D eigenvalue weighted by Gasteiger charge is 2.14. The zero-order valence-corrected chi connectivity index (χ0v) is 17.4. The van der Waals surface area contributed by atoms with Crippen LogP contribution in [0.2, 0.25) is 0 Å². The molecule has 148 valence electrons. The van der Waals surface area contributed by atoms with Gasteiger partial charge in [-0.15, -0.1) is 0 Å². The molecule has 0 aliphatic carbocycles. The van der Waals surface area contributed by atoms with Crippen molar-refractivity contribution in [3.05, 3.63) is 66.2 Å². The summed E-state index contributed by atoms with van der Waals surface area (Å²) in [4.78, 5) is 4.82. The fourth-order valence-electron chi connectivity index (χ4n) is 3.58. The van der Waals surface area contributed by atoms with Crippen molar-refractivity contribution in [3.63, 3.8) is 0 Å². The van der Waals surface area contributed by atoms with Crippen molar-refractivity contribution < 1.29 is 0 Å². The van der Waals surface area contributed by atoms with Crippen molar-refractivity contribution >= 4 is 5.69 Å². The molecule has 0 saturated carbocycles. The number of rotatable bonds is 2. The zero-order chi connectivity index (χ0) is 19.3. The molecule has 27 heavy (non-hydrogen) atoms. The number of likely N-dealkylation sites (N-methyl/N-ethyl adjacent to an activating group) is 1.